The molecule has 0 radical (unpaired) electrons. The van der Waals surface area contributed by atoms with Crippen LogP contribution in [-0.2, 0) is 0 Å². The molecule has 0 bridgehead atoms. The van der Waals surface area contributed by atoms with Crippen LogP contribution in [0.2, 0.25) is 0 Å². The Hall–Kier alpha value is -2.88. The van der Waals surface area contributed by atoms with Gasteiger partial charge in [-0.25, -0.2) is 4.40 Å². The lowest BCUT2D eigenvalue weighted by Gasteiger charge is -2.18. The third kappa shape index (κ3) is 4.20. The van der Waals surface area contributed by atoms with E-state index in [1.54, 1.807) is 18.2 Å². The Morgan fingerprint density at radius 2 is 1.77 bits per heavy atom. The molecule has 0 saturated heterocycles. The summed E-state index contributed by atoms with van der Waals surface area (Å²) in [6.45, 7) is 3.18. The van der Waals surface area contributed by atoms with Crippen LogP contribution in [0.5, 0.6) is 11.6 Å². The van der Waals surface area contributed by atoms with Crippen molar-refractivity contribution >= 4 is 5.65 Å². The Morgan fingerprint density at radius 1 is 1.08 bits per heavy atom. The Bertz CT molecular complexity index is 902. The van der Waals surface area contributed by atoms with Crippen molar-refractivity contribution in [1.82, 2.24) is 19.6 Å². The van der Waals surface area contributed by atoms with Gasteiger partial charge in [0.25, 0.3) is 0 Å². The summed E-state index contributed by atoms with van der Waals surface area (Å²) in [7, 11) is 0. The minimum atomic E-state index is -4.76. The summed E-state index contributed by atoms with van der Waals surface area (Å²) in [4.78, 5) is 4.00. The lowest BCUT2D eigenvalue weighted by Crippen LogP contribution is -2.28. The molecule has 0 fully saturated rings. The number of aliphatic hydroxyl groups is 1. The molecule has 0 aliphatic rings. The van der Waals surface area contributed by atoms with E-state index in [1.165, 1.54) is 36.7 Å². The fourth-order valence-corrected chi connectivity index (χ4v) is 2.17. The van der Waals surface area contributed by atoms with E-state index >= 15 is 0 Å². The highest BCUT2D eigenvalue weighted by Crippen LogP contribution is 2.27. The van der Waals surface area contributed by atoms with Crippen molar-refractivity contribution in [2.24, 2.45) is 0 Å². The molecule has 7 nitrogen and oxygen atoms in total. The van der Waals surface area contributed by atoms with Crippen molar-refractivity contribution in [2.45, 2.75) is 25.8 Å². The normalized spacial score (nSPS) is 12.4. The van der Waals surface area contributed by atoms with E-state index in [-0.39, 0.29) is 12.4 Å². The summed E-state index contributed by atoms with van der Waals surface area (Å²) >= 11 is 0. The van der Waals surface area contributed by atoms with E-state index in [4.69, 9.17) is 4.74 Å². The van der Waals surface area contributed by atoms with Gasteiger partial charge >= 0.3 is 6.36 Å². The van der Waals surface area contributed by atoms with Crippen molar-refractivity contribution in [3.8, 4) is 23.0 Å². The van der Waals surface area contributed by atoms with Gasteiger partial charge in [-0.05, 0) is 38.1 Å². The predicted molar refractivity (Wildman–Crippen MR) is 84.7 cm³/mol. The van der Waals surface area contributed by atoms with E-state index in [2.05, 4.69) is 19.9 Å². The molecule has 1 aromatic carbocycles. The van der Waals surface area contributed by atoms with Crippen LogP contribution >= 0.6 is 0 Å². The Kier molecular flexibility index (Phi) is 4.45. The number of aromatic nitrogens is 4. The van der Waals surface area contributed by atoms with Crippen LogP contribution < -0.4 is 9.47 Å². The highest BCUT2D eigenvalue weighted by atomic mass is 19.4. The summed E-state index contributed by atoms with van der Waals surface area (Å²) < 4.78 is 47.8. The van der Waals surface area contributed by atoms with Crippen LogP contribution in [0, 0.1) is 0 Å². The predicted octanol–water partition coefficient (Wildman–Crippen LogP) is 2.84. The zero-order chi connectivity index (χ0) is 18.9. The molecule has 1 N–H and O–H groups in total. The summed E-state index contributed by atoms with van der Waals surface area (Å²) in [5.74, 6) is 0.308. The molecule has 26 heavy (non-hydrogen) atoms. The molecule has 0 spiro atoms. The van der Waals surface area contributed by atoms with Crippen LogP contribution in [0.25, 0.3) is 17.0 Å². The zero-order valence-electron chi connectivity index (χ0n) is 13.9. The number of halogens is 3. The van der Waals surface area contributed by atoms with Crippen molar-refractivity contribution in [3.63, 3.8) is 0 Å². The summed E-state index contributed by atoms with van der Waals surface area (Å²) in [5.41, 5.74) is -0.164. The minimum Gasteiger partial charge on any atom is -0.474 e. The lowest BCUT2D eigenvalue weighted by atomic mass is 10.2. The largest absolute Gasteiger partial charge is 0.573 e. The quantitative estimate of drug-likeness (QED) is 0.746. The number of fused-ring (bicyclic) bond motifs is 1. The van der Waals surface area contributed by atoms with Gasteiger partial charge in [0.15, 0.2) is 11.5 Å². The summed E-state index contributed by atoms with van der Waals surface area (Å²) in [6.07, 6.45) is -1.85. The maximum atomic E-state index is 12.3. The van der Waals surface area contributed by atoms with Crippen LogP contribution in [0.4, 0.5) is 13.2 Å². The van der Waals surface area contributed by atoms with Crippen molar-refractivity contribution < 1.29 is 27.8 Å². The molecule has 0 aliphatic heterocycles. The highest BCUT2D eigenvalue weighted by molar-refractivity contribution is 5.61. The second kappa shape index (κ2) is 6.45. The molecule has 10 heteroatoms. The Morgan fingerprint density at radius 3 is 2.38 bits per heavy atom. The number of hydrogen-bond donors (Lipinski definition) is 1. The average Bonchev–Trinajstić information content (AvgIpc) is 2.96. The van der Waals surface area contributed by atoms with Crippen LogP contribution in [0.3, 0.4) is 0 Å². The van der Waals surface area contributed by atoms with E-state index < -0.39 is 12.0 Å². The standard InChI is InChI=1S/C16H15F3N4O3/c1-15(2,24)9-25-13-8-20-7-12-21-22-14(23(12)13)10-3-5-11(6-4-10)26-16(17,18)19/h3-8,24H,9H2,1-2H3. The second-order valence-corrected chi connectivity index (χ2v) is 6.14. The second-order valence-electron chi connectivity index (χ2n) is 6.14. The van der Waals surface area contributed by atoms with Crippen LogP contribution in [0.15, 0.2) is 36.7 Å². The molecular formula is C16H15F3N4O3. The Balaban J connectivity index is 1.95. The average molecular weight is 368 g/mol. The van der Waals surface area contributed by atoms with Gasteiger partial charge in [0, 0.05) is 5.56 Å². The van der Waals surface area contributed by atoms with Crippen molar-refractivity contribution in [1.29, 1.82) is 0 Å². The highest BCUT2D eigenvalue weighted by Gasteiger charge is 2.31. The van der Waals surface area contributed by atoms with Crippen molar-refractivity contribution in [3.05, 3.63) is 36.7 Å². The number of nitrogens with zero attached hydrogens (tertiary/aromatic N) is 4. The molecule has 0 unspecified atom stereocenters. The van der Waals surface area contributed by atoms with Gasteiger partial charge in [-0.3, -0.25) is 4.98 Å². The SMILES string of the molecule is CC(C)(O)COc1cncc2nnc(-c3ccc(OC(F)(F)F)cc3)n12. The van der Waals surface area contributed by atoms with Crippen molar-refractivity contribution in [2.75, 3.05) is 6.61 Å². The Labute approximate surface area is 146 Å². The lowest BCUT2D eigenvalue weighted by molar-refractivity contribution is -0.274. The third-order valence-electron chi connectivity index (χ3n) is 3.20. The van der Waals surface area contributed by atoms with Gasteiger partial charge in [0.2, 0.25) is 5.88 Å². The first kappa shape index (κ1) is 17.9. The maximum Gasteiger partial charge on any atom is 0.573 e. The van der Waals surface area contributed by atoms with E-state index in [0.717, 1.165) is 0 Å². The molecule has 0 amide bonds. The van der Waals surface area contributed by atoms with Gasteiger partial charge in [-0.2, -0.15) is 0 Å². The first-order valence-corrected chi connectivity index (χ1v) is 7.53. The van der Waals surface area contributed by atoms with Gasteiger partial charge < -0.3 is 14.6 Å². The minimum absolute atomic E-state index is 0.00374. The molecular weight excluding hydrogens is 353 g/mol. The molecule has 3 aromatic rings. The maximum absolute atomic E-state index is 12.3. The number of rotatable bonds is 5. The van der Waals surface area contributed by atoms with Gasteiger partial charge in [-0.15, -0.1) is 23.4 Å². The van der Waals surface area contributed by atoms with Gasteiger partial charge in [-0.1, -0.05) is 0 Å². The van der Waals surface area contributed by atoms with Gasteiger partial charge in [0.1, 0.15) is 12.4 Å². The molecule has 2 heterocycles. The number of ether oxygens (including phenoxy) is 2. The molecule has 0 saturated carbocycles. The zero-order valence-corrected chi connectivity index (χ0v) is 13.9. The van der Waals surface area contributed by atoms with Crippen LogP contribution in [-0.4, -0.2) is 43.3 Å². The van der Waals surface area contributed by atoms with Gasteiger partial charge in [0.05, 0.1) is 18.0 Å². The molecule has 2 aromatic heterocycles. The molecule has 0 aliphatic carbocycles. The summed E-state index contributed by atoms with van der Waals surface area (Å²) in [6, 6.07) is 5.22. The fourth-order valence-electron chi connectivity index (χ4n) is 2.17. The molecule has 138 valence electrons. The number of hydrogen-bond acceptors (Lipinski definition) is 6. The monoisotopic (exact) mass is 368 g/mol. The van der Waals surface area contributed by atoms with E-state index in [9.17, 15) is 18.3 Å². The number of benzene rings is 1. The fraction of sp³-hybridized carbons (Fsp3) is 0.312. The molecule has 0 atom stereocenters. The molecule has 3 rings (SSSR count). The third-order valence-corrected chi connectivity index (χ3v) is 3.20. The topological polar surface area (TPSA) is 81.8 Å². The number of alkyl halides is 3. The van der Waals surface area contributed by atoms with E-state index in [1.807, 2.05) is 0 Å². The van der Waals surface area contributed by atoms with E-state index in [0.29, 0.717) is 22.9 Å². The summed E-state index contributed by atoms with van der Waals surface area (Å²) in [5, 5.41) is 17.8. The van der Waals surface area contributed by atoms with Crippen LogP contribution in [0.1, 0.15) is 13.8 Å². The smallest absolute Gasteiger partial charge is 0.474 e. The first-order valence-electron chi connectivity index (χ1n) is 7.53. The first-order chi connectivity index (χ1) is 12.1.